The number of Topliss-reactive ketones (excluding diaryl/α,β-unsaturated/α-hetero) is 1. The minimum atomic E-state index is -1.07. The van der Waals surface area contributed by atoms with Crippen LogP contribution in [0.25, 0.3) is 10.9 Å². The molecule has 0 radical (unpaired) electrons. The predicted octanol–water partition coefficient (Wildman–Crippen LogP) is 3.40. The molecule has 0 fully saturated rings. The third kappa shape index (κ3) is 5.34. The van der Waals surface area contributed by atoms with Gasteiger partial charge < -0.3 is 24.5 Å². The van der Waals surface area contributed by atoms with Crippen molar-refractivity contribution in [2.45, 2.75) is 39.8 Å². The Bertz CT molecular complexity index is 1220. The lowest BCUT2D eigenvalue weighted by molar-refractivity contribution is -0.157. The van der Waals surface area contributed by atoms with Gasteiger partial charge in [-0.2, -0.15) is 0 Å². The predicted molar refractivity (Wildman–Crippen MR) is 124 cm³/mol. The van der Waals surface area contributed by atoms with Gasteiger partial charge in [0.2, 0.25) is 0 Å². The number of ether oxygens (including phenoxy) is 3. The Balaban J connectivity index is 2.09. The number of carbonyl (C=O) groups is 3. The average Bonchev–Trinajstić information content (AvgIpc) is 3.02. The summed E-state index contributed by atoms with van der Waals surface area (Å²) in [5, 5.41) is 0.422. The van der Waals surface area contributed by atoms with Crippen molar-refractivity contribution in [2.24, 2.45) is 5.73 Å². The average molecular weight is 453 g/mol. The zero-order valence-corrected chi connectivity index (χ0v) is 19.4. The van der Waals surface area contributed by atoms with E-state index in [0.717, 1.165) is 5.56 Å². The van der Waals surface area contributed by atoms with Crippen molar-refractivity contribution in [1.82, 2.24) is 4.57 Å². The number of benzene rings is 2. The van der Waals surface area contributed by atoms with Gasteiger partial charge in [-0.05, 0) is 57.5 Å². The standard InChI is InChI=1S/C25H28N2O6/c1-15-21(23(29)24(26)30)22-18(27(15)13-16-8-6-9-17(12-16)31-5)10-7-11-19(22)32-14-20(28)33-25(2,3)4/h6-12H,13-14H2,1-5H3,(H2,26,30). The van der Waals surface area contributed by atoms with Crippen molar-refractivity contribution >= 4 is 28.6 Å². The molecular weight excluding hydrogens is 424 g/mol. The molecule has 0 saturated heterocycles. The molecule has 174 valence electrons. The lowest BCUT2D eigenvalue weighted by Gasteiger charge is -2.19. The fourth-order valence-corrected chi connectivity index (χ4v) is 3.68. The highest BCUT2D eigenvalue weighted by atomic mass is 16.6. The van der Waals surface area contributed by atoms with Crippen molar-refractivity contribution in [3.05, 3.63) is 59.3 Å². The summed E-state index contributed by atoms with van der Waals surface area (Å²) in [6.45, 7) is 7.10. The number of ketones is 1. The molecule has 0 unspecified atom stereocenters. The number of fused-ring (bicyclic) bond motifs is 1. The Morgan fingerprint density at radius 1 is 1.06 bits per heavy atom. The van der Waals surface area contributed by atoms with E-state index in [0.29, 0.717) is 28.9 Å². The van der Waals surface area contributed by atoms with Gasteiger partial charge in [0.05, 0.1) is 23.6 Å². The number of carbonyl (C=O) groups excluding carboxylic acids is 3. The van der Waals surface area contributed by atoms with Gasteiger partial charge in [-0.25, -0.2) is 4.79 Å². The van der Waals surface area contributed by atoms with E-state index in [-0.39, 0.29) is 17.9 Å². The van der Waals surface area contributed by atoms with Gasteiger partial charge in [0.15, 0.2) is 6.61 Å². The topological polar surface area (TPSA) is 110 Å². The molecule has 0 bridgehead atoms. The van der Waals surface area contributed by atoms with Crippen molar-refractivity contribution in [3.63, 3.8) is 0 Å². The molecule has 3 aromatic rings. The summed E-state index contributed by atoms with van der Waals surface area (Å²) in [5.74, 6) is -1.45. The van der Waals surface area contributed by atoms with Gasteiger partial charge >= 0.3 is 5.97 Å². The maximum Gasteiger partial charge on any atom is 0.344 e. The first-order valence-electron chi connectivity index (χ1n) is 10.5. The van der Waals surface area contributed by atoms with E-state index < -0.39 is 23.3 Å². The molecule has 0 saturated carbocycles. The van der Waals surface area contributed by atoms with E-state index in [4.69, 9.17) is 19.9 Å². The van der Waals surface area contributed by atoms with Crippen LogP contribution >= 0.6 is 0 Å². The third-order valence-corrected chi connectivity index (χ3v) is 5.00. The van der Waals surface area contributed by atoms with Gasteiger partial charge in [-0.3, -0.25) is 9.59 Å². The first-order chi connectivity index (χ1) is 15.5. The third-order valence-electron chi connectivity index (χ3n) is 5.00. The van der Waals surface area contributed by atoms with E-state index in [1.165, 1.54) is 0 Å². The van der Waals surface area contributed by atoms with E-state index >= 15 is 0 Å². The number of methoxy groups -OCH3 is 1. The van der Waals surface area contributed by atoms with Crippen molar-refractivity contribution in [2.75, 3.05) is 13.7 Å². The molecule has 0 aliphatic rings. The quantitative estimate of drug-likeness (QED) is 0.319. The Kier molecular flexibility index (Phi) is 6.76. The summed E-state index contributed by atoms with van der Waals surface area (Å²) in [6.07, 6.45) is 0. The van der Waals surface area contributed by atoms with E-state index in [2.05, 4.69) is 0 Å². The molecule has 0 aliphatic heterocycles. The van der Waals surface area contributed by atoms with Gasteiger partial charge in [0, 0.05) is 12.2 Å². The molecule has 1 heterocycles. The second-order valence-electron chi connectivity index (χ2n) is 8.62. The van der Waals surface area contributed by atoms with Crippen LogP contribution in [0, 0.1) is 6.92 Å². The number of primary amides is 1. The minimum Gasteiger partial charge on any atom is -0.497 e. The number of aromatic nitrogens is 1. The first-order valence-corrected chi connectivity index (χ1v) is 10.5. The van der Waals surface area contributed by atoms with Crippen LogP contribution in [-0.2, 0) is 20.9 Å². The van der Waals surface area contributed by atoms with E-state index in [1.54, 1.807) is 46.9 Å². The molecule has 1 aromatic heterocycles. The zero-order chi connectivity index (χ0) is 24.3. The lowest BCUT2D eigenvalue weighted by Crippen LogP contribution is -2.27. The molecular formula is C25H28N2O6. The summed E-state index contributed by atoms with van der Waals surface area (Å²) in [4.78, 5) is 36.7. The maximum absolute atomic E-state index is 12.8. The minimum absolute atomic E-state index is 0.153. The van der Waals surface area contributed by atoms with Crippen molar-refractivity contribution < 1.29 is 28.6 Å². The fraction of sp³-hybridized carbons (Fsp3) is 0.320. The van der Waals surface area contributed by atoms with Gasteiger partial charge in [0.1, 0.15) is 17.1 Å². The van der Waals surface area contributed by atoms with Crippen LogP contribution < -0.4 is 15.2 Å². The molecule has 33 heavy (non-hydrogen) atoms. The summed E-state index contributed by atoms with van der Waals surface area (Å²) in [7, 11) is 1.59. The highest BCUT2D eigenvalue weighted by Crippen LogP contribution is 2.35. The molecule has 8 nitrogen and oxygen atoms in total. The number of amides is 1. The Labute approximate surface area is 192 Å². The van der Waals surface area contributed by atoms with Crippen LogP contribution in [-0.4, -0.2) is 41.5 Å². The monoisotopic (exact) mass is 452 g/mol. The van der Waals surface area contributed by atoms with Gasteiger partial charge in [-0.15, -0.1) is 0 Å². The van der Waals surface area contributed by atoms with E-state index in [1.807, 2.05) is 34.9 Å². The number of hydrogen-bond acceptors (Lipinski definition) is 6. The van der Waals surface area contributed by atoms with Crippen LogP contribution in [0.3, 0.4) is 0 Å². The number of nitrogens with zero attached hydrogens (tertiary/aromatic N) is 1. The Morgan fingerprint density at radius 3 is 2.39 bits per heavy atom. The number of hydrogen-bond donors (Lipinski definition) is 1. The smallest absolute Gasteiger partial charge is 0.344 e. The second kappa shape index (κ2) is 9.36. The van der Waals surface area contributed by atoms with Crippen LogP contribution in [0.4, 0.5) is 0 Å². The molecule has 8 heteroatoms. The summed E-state index contributed by atoms with van der Waals surface area (Å²) in [5.41, 5.74) is 7.00. The summed E-state index contributed by atoms with van der Waals surface area (Å²) < 4.78 is 18.2. The Morgan fingerprint density at radius 2 is 1.76 bits per heavy atom. The number of nitrogens with two attached hydrogens (primary N) is 1. The SMILES string of the molecule is COc1cccc(Cn2c(C)c(C(=O)C(N)=O)c3c(OCC(=O)OC(C)(C)C)cccc32)c1. The van der Waals surface area contributed by atoms with Crippen LogP contribution in [0.1, 0.15) is 42.4 Å². The molecule has 0 spiro atoms. The molecule has 0 aliphatic carbocycles. The zero-order valence-electron chi connectivity index (χ0n) is 19.4. The van der Waals surface area contributed by atoms with Gasteiger partial charge in [0.25, 0.3) is 11.7 Å². The summed E-state index contributed by atoms with van der Waals surface area (Å²) in [6, 6.07) is 12.8. The molecule has 0 atom stereocenters. The van der Waals surface area contributed by atoms with Gasteiger partial charge in [-0.1, -0.05) is 18.2 Å². The molecule has 2 N–H and O–H groups in total. The van der Waals surface area contributed by atoms with Crippen LogP contribution in [0.5, 0.6) is 11.5 Å². The maximum atomic E-state index is 12.8. The highest BCUT2D eigenvalue weighted by Gasteiger charge is 2.26. The largest absolute Gasteiger partial charge is 0.497 e. The van der Waals surface area contributed by atoms with Crippen LogP contribution in [0.2, 0.25) is 0 Å². The number of esters is 1. The Hall–Kier alpha value is -3.81. The lowest BCUT2D eigenvalue weighted by atomic mass is 10.1. The molecule has 3 rings (SSSR count). The van der Waals surface area contributed by atoms with E-state index in [9.17, 15) is 14.4 Å². The highest BCUT2D eigenvalue weighted by molar-refractivity contribution is 6.45. The molecule has 2 aromatic carbocycles. The number of rotatable bonds is 8. The second-order valence-corrected chi connectivity index (χ2v) is 8.62. The first kappa shape index (κ1) is 23.8. The molecule has 1 amide bonds. The van der Waals surface area contributed by atoms with Crippen molar-refractivity contribution in [3.8, 4) is 11.5 Å². The fourth-order valence-electron chi connectivity index (χ4n) is 3.68. The summed E-state index contributed by atoms with van der Waals surface area (Å²) >= 11 is 0. The normalized spacial score (nSPS) is 11.3. The van der Waals surface area contributed by atoms with Crippen LogP contribution in [0.15, 0.2) is 42.5 Å². The van der Waals surface area contributed by atoms with Crippen molar-refractivity contribution in [1.29, 1.82) is 0 Å².